The largest absolute Gasteiger partial charge is 0.241 e. The summed E-state index contributed by atoms with van der Waals surface area (Å²) >= 11 is 0. The number of hydrogen-bond donors (Lipinski definition) is 0. The Kier molecular flexibility index (Phi) is 2.64. The molecule has 0 fully saturated rings. The van der Waals surface area contributed by atoms with Crippen LogP contribution in [0.15, 0.2) is 42.6 Å². The van der Waals surface area contributed by atoms with E-state index in [-0.39, 0.29) is 0 Å². The molecule has 2 rings (SSSR count). The van der Waals surface area contributed by atoms with Crippen molar-refractivity contribution in [2.75, 3.05) is 0 Å². The topological polar surface area (TPSA) is 65.4 Å². The molecule has 0 N–H and O–H groups in total. The van der Waals surface area contributed by atoms with E-state index in [4.69, 9.17) is 10.5 Å². The van der Waals surface area contributed by atoms with Crippen LogP contribution in [0.2, 0.25) is 0 Å². The summed E-state index contributed by atoms with van der Waals surface area (Å²) in [4.78, 5) is 0. The molecule has 0 unspecified atom stereocenters. The number of rotatable bonds is 2. The van der Waals surface area contributed by atoms with E-state index in [9.17, 15) is 0 Å². The lowest BCUT2D eigenvalue weighted by Gasteiger charge is -2.07. The van der Waals surface area contributed by atoms with Gasteiger partial charge in [-0.15, -0.1) is 0 Å². The van der Waals surface area contributed by atoms with Gasteiger partial charge in [-0.05, 0) is 25.1 Å². The molecular weight excluding hydrogens is 212 g/mol. The zero-order valence-corrected chi connectivity index (χ0v) is 9.33. The first kappa shape index (κ1) is 10.9. The normalized spacial score (nSPS) is 10.5. The lowest BCUT2D eigenvalue weighted by molar-refractivity contribution is 0.722. The van der Waals surface area contributed by atoms with Gasteiger partial charge in [0.15, 0.2) is 5.41 Å². The third-order valence-electron chi connectivity index (χ3n) is 2.57. The van der Waals surface area contributed by atoms with Crippen LogP contribution in [0, 0.1) is 22.7 Å². The summed E-state index contributed by atoms with van der Waals surface area (Å²) in [5, 5.41) is 22.3. The van der Waals surface area contributed by atoms with Crippen molar-refractivity contribution in [2.24, 2.45) is 0 Å². The standard InChI is InChI=1S/C13H10N4/c1-13(9-14,10-15)12-7-8-17(16-12)11-5-3-2-4-6-11/h2-8H,1H3. The monoisotopic (exact) mass is 222 g/mol. The summed E-state index contributed by atoms with van der Waals surface area (Å²) < 4.78 is 1.66. The highest BCUT2D eigenvalue weighted by molar-refractivity contribution is 5.36. The second-order valence-electron chi connectivity index (χ2n) is 3.83. The maximum Gasteiger partial charge on any atom is 0.184 e. The Labute approximate surface area is 99.3 Å². The van der Waals surface area contributed by atoms with Crippen LogP contribution in [0.4, 0.5) is 0 Å². The van der Waals surface area contributed by atoms with Crippen molar-refractivity contribution in [2.45, 2.75) is 12.3 Å². The highest BCUT2D eigenvalue weighted by Gasteiger charge is 2.28. The average Bonchev–Trinajstić information content (AvgIpc) is 2.89. The molecule has 0 aliphatic rings. The molecule has 17 heavy (non-hydrogen) atoms. The van der Waals surface area contributed by atoms with Crippen molar-refractivity contribution < 1.29 is 0 Å². The van der Waals surface area contributed by atoms with Crippen molar-refractivity contribution in [3.8, 4) is 17.8 Å². The molecule has 1 heterocycles. The number of nitrogens with zero attached hydrogens (tertiary/aromatic N) is 4. The summed E-state index contributed by atoms with van der Waals surface area (Å²) in [6.07, 6.45) is 1.75. The van der Waals surface area contributed by atoms with Gasteiger partial charge in [0.05, 0.1) is 23.5 Å². The Hall–Kier alpha value is -2.59. The molecule has 4 nitrogen and oxygen atoms in total. The first-order valence-corrected chi connectivity index (χ1v) is 5.14. The number of para-hydroxylation sites is 1. The lowest BCUT2D eigenvalue weighted by Crippen LogP contribution is -2.17. The van der Waals surface area contributed by atoms with Crippen LogP contribution in [0.5, 0.6) is 0 Å². The van der Waals surface area contributed by atoms with Crippen LogP contribution < -0.4 is 0 Å². The summed E-state index contributed by atoms with van der Waals surface area (Å²) in [5.41, 5.74) is 0.170. The van der Waals surface area contributed by atoms with Gasteiger partial charge in [0.1, 0.15) is 0 Å². The molecule has 0 saturated carbocycles. The number of hydrogen-bond acceptors (Lipinski definition) is 3. The third-order valence-corrected chi connectivity index (χ3v) is 2.57. The van der Waals surface area contributed by atoms with Gasteiger partial charge in [0.25, 0.3) is 0 Å². The zero-order chi connectivity index (χ0) is 12.3. The third kappa shape index (κ3) is 1.89. The molecule has 0 spiro atoms. The van der Waals surface area contributed by atoms with Crippen molar-refractivity contribution in [3.63, 3.8) is 0 Å². The van der Waals surface area contributed by atoms with Crippen molar-refractivity contribution in [3.05, 3.63) is 48.3 Å². The first-order chi connectivity index (χ1) is 8.19. The molecule has 82 valence electrons. The number of benzene rings is 1. The fraction of sp³-hybridized carbons (Fsp3) is 0.154. The van der Waals surface area contributed by atoms with E-state index >= 15 is 0 Å². The van der Waals surface area contributed by atoms with Crippen LogP contribution in [0.25, 0.3) is 5.69 Å². The zero-order valence-electron chi connectivity index (χ0n) is 9.33. The molecule has 1 aromatic heterocycles. The molecular formula is C13H10N4. The summed E-state index contributed by atoms with van der Waals surface area (Å²) in [6.45, 7) is 1.56. The van der Waals surface area contributed by atoms with E-state index in [0.29, 0.717) is 5.69 Å². The summed E-state index contributed by atoms with van der Waals surface area (Å²) in [7, 11) is 0. The van der Waals surface area contributed by atoms with Gasteiger partial charge in [-0.2, -0.15) is 15.6 Å². The van der Waals surface area contributed by atoms with Gasteiger partial charge in [-0.1, -0.05) is 18.2 Å². The SMILES string of the molecule is CC(C#N)(C#N)c1ccn(-c2ccccc2)n1. The minimum atomic E-state index is -1.19. The van der Waals surface area contributed by atoms with Gasteiger partial charge in [0.2, 0.25) is 0 Å². The van der Waals surface area contributed by atoms with Crippen LogP contribution in [-0.2, 0) is 5.41 Å². The van der Waals surface area contributed by atoms with Crippen LogP contribution >= 0.6 is 0 Å². The molecule has 1 aromatic carbocycles. The van der Waals surface area contributed by atoms with Crippen LogP contribution in [-0.4, -0.2) is 9.78 Å². The van der Waals surface area contributed by atoms with E-state index in [1.54, 1.807) is 23.9 Å². The molecule has 0 saturated heterocycles. The highest BCUT2D eigenvalue weighted by Crippen LogP contribution is 2.20. The van der Waals surface area contributed by atoms with E-state index in [1.165, 1.54) is 0 Å². The molecule has 0 radical (unpaired) electrons. The Balaban J connectivity index is 2.43. The molecule has 0 aliphatic heterocycles. The molecule has 0 bridgehead atoms. The molecule has 0 aliphatic carbocycles. The van der Waals surface area contributed by atoms with Gasteiger partial charge < -0.3 is 0 Å². The highest BCUT2D eigenvalue weighted by atomic mass is 15.3. The van der Waals surface area contributed by atoms with E-state index in [1.807, 2.05) is 42.5 Å². The smallest absolute Gasteiger partial charge is 0.184 e. The predicted octanol–water partition coefficient (Wildman–Crippen LogP) is 2.18. The van der Waals surface area contributed by atoms with Crippen LogP contribution in [0.3, 0.4) is 0 Å². The number of nitriles is 2. The molecule has 0 amide bonds. The first-order valence-electron chi connectivity index (χ1n) is 5.14. The summed E-state index contributed by atoms with van der Waals surface area (Å²) in [5.74, 6) is 0. The number of aromatic nitrogens is 2. The Morgan fingerprint density at radius 1 is 1.12 bits per heavy atom. The summed E-state index contributed by atoms with van der Waals surface area (Å²) in [6, 6.07) is 15.2. The fourth-order valence-electron chi connectivity index (χ4n) is 1.45. The molecule has 0 atom stereocenters. The molecule has 4 heteroatoms. The van der Waals surface area contributed by atoms with E-state index in [0.717, 1.165) is 5.69 Å². The van der Waals surface area contributed by atoms with Gasteiger partial charge in [-0.25, -0.2) is 4.68 Å². The van der Waals surface area contributed by atoms with Crippen molar-refractivity contribution in [1.29, 1.82) is 10.5 Å². The van der Waals surface area contributed by atoms with E-state index < -0.39 is 5.41 Å². The maximum atomic E-state index is 9.00. The Bertz CT molecular complexity index is 584. The Morgan fingerprint density at radius 3 is 2.35 bits per heavy atom. The predicted molar refractivity (Wildman–Crippen MR) is 62.1 cm³/mol. The molecule has 2 aromatic rings. The van der Waals surface area contributed by atoms with Crippen molar-refractivity contribution >= 4 is 0 Å². The minimum absolute atomic E-state index is 0.464. The lowest BCUT2D eigenvalue weighted by atomic mass is 9.91. The van der Waals surface area contributed by atoms with Gasteiger partial charge >= 0.3 is 0 Å². The quantitative estimate of drug-likeness (QED) is 0.782. The minimum Gasteiger partial charge on any atom is -0.241 e. The van der Waals surface area contributed by atoms with E-state index in [2.05, 4.69) is 5.10 Å². The van der Waals surface area contributed by atoms with Gasteiger partial charge in [-0.3, -0.25) is 0 Å². The Morgan fingerprint density at radius 2 is 1.76 bits per heavy atom. The van der Waals surface area contributed by atoms with Crippen molar-refractivity contribution in [1.82, 2.24) is 9.78 Å². The second-order valence-corrected chi connectivity index (χ2v) is 3.83. The van der Waals surface area contributed by atoms with Gasteiger partial charge in [0, 0.05) is 6.20 Å². The maximum absolute atomic E-state index is 9.00. The van der Waals surface area contributed by atoms with Crippen LogP contribution in [0.1, 0.15) is 12.6 Å². The second kappa shape index (κ2) is 4.11. The fourth-order valence-corrected chi connectivity index (χ4v) is 1.45. The average molecular weight is 222 g/mol.